The molecule has 128 valence electrons. The monoisotopic (exact) mass is 320 g/mol. The van der Waals surface area contributed by atoms with Gasteiger partial charge in [-0.15, -0.1) is 0 Å². The van der Waals surface area contributed by atoms with Crippen molar-refractivity contribution >= 4 is 12.6 Å². The van der Waals surface area contributed by atoms with Crippen molar-refractivity contribution in [2.45, 2.75) is 91.1 Å². The second kappa shape index (κ2) is 16.6. The standard InChI is InChI=1S/C17H36O3S/c1-4-7-8-9-10-11-12-13-16(14-15-21)20-17(18-5-2)19-6-3/h16-17,21H,4-15H2,1-3H3. The highest BCUT2D eigenvalue weighted by Crippen LogP contribution is 2.16. The van der Waals surface area contributed by atoms with Crippen LogP contribution in [0, 0.1) is 0 Å². The van der Waals surface area contributed by atoms with Gasteiger partial charge in [-0.2, -0.15) is 12.6 Å². The molecule has 0 N–H and O–H groups in total. The van der Waals surface area contributed by atoms with Crippen molar-refractivity contribution in [2.24, 2.45) is 0 Å². The minimum atomic E-state index is -0.519. The lowest BCUT2D eigenvalue weighted by Crippen LogP contribution is -2.28. The third-order valence-corrected chi connectivity index (χ3v) is 3.75. The van der Waals surface area contributed by atoms with Crippen molar-refractivity contribution in [3.05, 3.63) is 0 Å². The van der Waals surface area contributed by atoms with Crippen LogP contribution in [0.2, 0.25) is 0 Å². The van der Waals surface area contributed by atoms with Gasteiger partial charge in [0.2, 0.25) is 0 Å². The molecule has 3 nitrogen and oxygen atoms in total. The molecule has 0 aliphatic heterocycles. The lowest BCUT2D eigenvalue weighted by molar-refractivity contribution is -0.302. The zero-order valence-electron chi connectivity index (χ0n) is 14.3. The maximum Gasteiger partial charge on any atom is 0.271 e. The summed E-state index contributed by atoms with van der Waals surface area (Å²) in [6.45, 7) is 6.87. The molecule has 0 rings (SSSR count). The molecule has 0 aliphatic rings. The van der Waals surface area contributed by atoms with Crippen molar-refractivity contribution in [2.75, 3.05) is 19.0 Å². The van der Waals surface area contributed by atoms with E-state index >= 15 is 0 Å². The molecule has 0 aromatic heterocycles. The van der Waals surface area contributed by atoms with Crippen LogP contribution in [0.15, 0.2) is 0 Å². The zero-order valence-corrected chi connectivity index (χ0v) is 15.2. The van der Waals surface area contributed by atoms with Crippen molar-refractivity contribution in [1.29, 1.82) is 0 Å². The highest BCUT2D eigenvalue weighted by atomic mass is 32.1. The number of hydrogen-bond acceptors (Lipinski definition) is 4. The Balaban J connectivity index is 3.83. The molecular formula is C17H36O3S. The topological polar surface area (TPSA) is 27.7 Å². The van der Waals surface area contributed by atoms with Crippen molar-refractivity contribution < 1.29 is 14.2 Å². The molecule has 0 radical (unpaired) electrons. The Bertz CT molecular complexity index is 196. The molecule has 0 aromatic carbocycles. The third kappa shape index (κ3) is 13.6. The van der Waals surface area contributed by atoms with Gasteiger partial charge in [0, 0.05) is 13.2 Å². The fourth-order valence-electron chi connectivity index (χ4n) is 2.31. The smallest absolute Gasteiger partial charge is 0.271 e. The van der Waals surface area contributed by atoms with Crippen LogP contribution >= 0.6 is 12.6 Å². The zero-order chi connectivity index (χ0) is 15.8. The van der Waals surface area contributed by atoms with Crippen LogP contribution in [0.25, 0.3) is 0 Å². The maximum atomic E-state index is 5.92. The van der Waals surface area contributed by atoms with Crippen molar-refractivity contribution in [3.8, 4) is 0 Å². The third-order valence-electron chi connectivity index (χ3n) is 3.49. The molecule has 1 atom stereocenters. The summed E-state index contributed by atoms with van der Waals surface area (Å²) in [5.74, 6) is 0.839. The van der Waals surface area contributed by atoms with E-state index in [9.17, 15) is 0 Å². The number of hydrogen-bond donors (Lipinski definition) is 1. The molecule has 0 aromatic rings. The average Bonchev–Trinajstić information content (AvgIpc) is 2.47. The summed E-state index contributed by atoms with van der Waals surface area (Å²) in [7, 11) is 0. The molecule has 0 saturated carbocycles. The fourth-order valence-corrected chi connectivity index (χ4v) is 2.60. The van der Waals surface area contributed by atoms with Gasteiger partial charge in [0.15, 0.2) is 0 Å². The number of thiol groups is 1. The minimum absolute atomic E-state index is 0.196. The van der Waals surface area contributed by atoms with Gasteiger partial charge in [0.25, 0.3) is 6.48 Å². The van der Waals surface area contributed by atoms with Gasteiger partial charge in [-0.3, -0.25) is 0 Å². The Labute approximate surface area is 137 Å². The van der Waals surface area contributed by atoms with E-state index in [2.05, 4.69) is 19.6 Å². The van der Waals surface area contributed by atoms with Gasteiger partial charge in [-0.1, -0.05) is 51.9 Å². The van der Waals surface area contributed by atoms with Gasteiger partial charge < -0.3 is 14.2 Å². The summed E-state index contributed by atoms with van der Waals surface area (Å²) in [6.07, 6.45) is 11.5. The second-order valence-corrected chi connectivity index (χ2v) is 5.83. The van der Waals surface area contributed by atoms with Gasteiger partial charge in [0.1, 0.15) is 0 Å². The largest absolute Gasteiger partial charge is 0.330 e. The molecule has 0 bridgehead atoms. The number of unbranched alkanes of at least 4 members (excludes halogenated alkanes) is 6. The molecule has 0 heterocycles. The first kappa shape index (κ1) is 21.2. The molecule has 0 spiro atoms. The van der Waals surface area contributed by atoms with E-state index in [1.807, 2.05) is 13.8 Å². The van der Waals surface area contributed by atoms with E-state index in [1.165, 1.54) is 44.9 Å². The van der Waals surface area contributed by atoms with Crippen molar-refractivity contribution in [3.63, 3.8) is 0 Å². The minimum Gasteiger partial charge on any atom is -0.330 e. The Hall–Kier alpha value is 0.230. The summed E-state index contributed by atoms with van der Waals surface area (Å²) in [5.41, 5.74) is 0. The Morgan fingerprint density at radius 2 is 1.33 bits per heavy atom. The van der Waals surface area contributed by atoms with E-state index in [0.717, 1.165) is 18.6 Å². The first-order valence-corrected chi connectivity index (χ1v) is 9.41. The van der Waals surface area contributed by atoms with E-state index < -0.39 is 6.48 Å². The lowest BCUT2D eigenvalue weighted by Gasteiger charge is -2.24. The molecule has 0 aliphatic carbocycles. The Morgan fingerprint density at radius 1 is 0.762 bits per heavy atom. The first-order chi connectivity index (χ1) is 10.3. The fraction of sp³-hybridized carbons (Fsp3) is 1.00. The van der Waals surface area contributed by atoms with Crippen LogP contribution in [-0.2, 0) is 14.2 Å². The average molecular weight is 321 g/mol. The van der Waals surface area contributed by atoms with Crippen LogP contribution < -0.4 is 0 Å². The van der Waals surface area contributed by atoms with Crippen LogP contribution in [-0.4, -0.2) is 31.5 Å². The van der Waals surface area contributed by atoms with Gasteiger partial charge in [-0.25, -0.2) is 0 Å². The predicted octanol–water partition coefficient (Wildman–Crippen LogP) is 5.19. The SMILES string of the molecule is CCCCCCCCCC(CCS)OC(OCC)OCC. The molecule has 0 fully saturated rings. The van der Waals surface area contributed by atoms with Crippen LogP contribution in [0.5, 0.6) is 0 Å². The molecule has 4 heteroatoms. The van der Waals surface area contributed by atoms with E-state index in [-0.39, 0.29) is 6.10 Å². The molecule has 0 amide bonds. The highest BCUT2D eigenvalue weighted by molar-refractivity contribution is 7.80. The molecule has 0 saturated heterocycles. The van der Waals surface area contributed by atoms with E-state index in [4.69, 9.17) is 14.2 Å². The quantitative estimate of drug-likeness (QED) is 0.241. The summed E-state index contributed by atoms with van der Waals surface area (Å²) < 4.78 is 16.8. The van der Waals surface area contributed by atoms with Crippen LogP contribution in [0.4, 0.5) is 0 Å². The van der Waals surface area contributed by atoms with E-state index in [1.54, 1.807) is 0 Å². The maximum absolute atomic E-state index is 5.92. The highest BCUT2D eigenvalue weighted by Gasteiger charge is 2.16. The normalized spacial score (nSPS) is 13.0. The Kier molecular flexibility index (Phi) is 16.8. The van der Waals surface area contributed by atoms with Crippen molar-refractivity contribution in [1.82, 2.24) is 0 Å². The summed E-state index contributed by atoms with van der Waals surface area (Å²) >= 11 is 4.33. The summed E-state index contributed by atoms with van der Waals surface area (Å²) in [4.78, 5) is 0. The van der Waals surface area contributed by atoms with Gasteiger partial charge >= 0.3 is 0 Å². The van der Waals surface area contributed by atoms with Crippen LogP contribution in [0.1, 0.15) is 78.6 Å². The number of ether oxygens (including phenoxy) is 3. The van der Waals surface area contributed by atoms with Crippen LogP contribution in [0.3, 0.4) is 0 Å². The summed E-state index contributed by atoms with van der Waals surface area (Å²) in [5, 5.41) is 0. The number of rotatable bonds is 16. The Morgan fingerprint density at radius 3 is 1.86 bits per heavy atom. The lowest BCUT2D eigenvalue weighted by atomic mass is 10.1. The van der Waals surface area contributed by atoms with Gasteiger partial charge in [-0.05, 0) is 32.4 Å². The molecule has 1 unspecified atom stereocenters. The summed E-state index contributed by atoms with van der Waals surface area (Å²) in [6, 6.07) is 0. The second-order valence-electron chi connectivity index (χ2n) is 5.38. The van der Waals surface area contributed by atoms with Gasteiger partial charge in [0.05, 0.1) is 6.10 Å². The molecule has 21 heavy (non-hydrogen) atoms. The first-order valence-electron chi connectivity index (χ1n) is 8.77. The molecular weight excluding hydrogens is 284 g/mol. The van der Waals surface area contributed by atoms with E-state index in [0.29, 0.717) is 13.2 Å². The predicted molar refractivity (Wildman–Crippen MR) is 93.0 cm³/mol.